The smallest absolute Gasteiger partial charge is 0.263 e. The molecule has 27 heavy (non-hydrogen) atoms. The Labute approximate surface area is 161 Å². The Morgan fingerprint density at radius 3 is 2.48 bits per heavy atom. The minimum Gasteiger partial charge on any atom is -0.326 e. The molecular formula is C19H17N3O3S2. The van der Waals surface area contributed by atoms with Gasteiger partial charge in [0, 0.05) is 23.2 Å². The van der Waals surface area contributed by atoms with Crippen molar-refractivity contribution in [2.75, 3.05) is 10.0 Å². The third kappa shape index (κ3) is 4.01. The van der Waals surface area contributed by atoms with E-state index < -0.39 is 10.0 Å². The molecule has 0 radical (unpaired) electrons. The molecule has 1 saturated carbocycles. The predicted molar refractivity (Wildman–Crippen MR) is 105 cm³/mol. The van der Waals surface area contributed by atoms with Gasteiger partial charge in [0.05, 0.1) is 4.90 Å². The van der Waals surface area contributed by atoms with Gasteiger partial charge in [0.1, 0.15) is 0 Å². The number of carbonyl (C=O) groups is 1. The van der Waals surface area contributed by atoms with Gasteiger partial charge in [0.15, 0.2) is 5.13 Å². The Morgan fingerprint density at radius 2 is 1.81 bits per heavy atom. The van der Waals surface area contributed by atoms with E-state index in [0.717, 1.165) is 6.42 Å². The average molecular weight is 399 g/mol. The van der Waals surface area contributed by atoms with Crippen molar-refractivity contribution in [1.29, 1.82) is 0 Å². The van der Waals surface area contributed by atoms with E-state index >= 15 is 0 Å². The van der Waals surface area contributed by atoms with Crippen molar-refractivity contribution in [1.82, 2.24) is 4.98 Å². The first-order valence-corrected chi connectivity index (χ1v) is 10.8. The average Bonchev–Trinajstić information content (AvgIpc) is 3.33. The number of amides is 1. The summed E-state index contributed by atoms with van der Waals surface area (Å²) >= 11 is 1.21. The Morgan fingerprint density at radius 1 is 1.07 bits per heavy atom. The fourth-order valence-corrected chi connectivity index (χ4v) is 4.74. The van der Waals surface area contributed by atoms with E-state index in [-0.39, 0.29) is 22.6 Å². The van der Waals surface area contributed by atoms with Crippen LogP contribution in [0.25, 0.3) is 0 Å². The fraction of sp³-hybridized carbons (Fsp3) is 0.158. The highest BCUT2D eigenvalue weighted by Crippen LogP contribution is 2.47. The second-order valence-electron chi connectivity index (χ2n) is 6.32. The number of anilines is 2. The molecule has 8 heteroatoms. The summed E-state index contributed by atoms with van der Waals surface area (Å²) in [5.41, 5.74) is 1.75. The molecule has 1 aliphatic rings. The first-order valence-electron chi connectivity index (χ1n) is 8.41. The molecule has 138 valence electrons. The number of aromatic nitrogens is 1. The minimum atomic E-state index is -3.69. The van der Waals surface area contributed by atoms with Gasteiger partial charge in [-0.3, -0.25) is 9.52 Å². The van der Waals surface area contributed by atoms with E-state index in [1.165, 1.54) is 35.2 Å². The Hall–Kier alpha value is -2.71. The lowest BCUT2D eigenvalue weighted by atomic mass is 10.1. The Kier molecular flexibility index (Phi) is 4.67. The molecule has 0 spiro atoms. The second kappa shape index (κ2) is 7.13. The van der Waals surface area contributed by atoms with Gasteiger partial charge in [0.25, 0.3) is 10.0 Å². The number of sulfonamides is 1. The maximum atomic E-state index is 12.4. The van der Waals surface area contributed by atoms with E-state index in [4.69, 9.17) is 0 Å². The molecule has 2 atom stereocenters. The van der Waals surface area contributed by atoms with Gasteiger partial charge in [-0.15, -0.1) is 11.3 Å². The highest BCUT2D eigenvalue weighted by molar-refractivity contribution is 7.93. The third-order valence-electron chi connectivity index (χ3n) is 4.44. The van der Waals surface area contributed by atoms with Gasteiger partial charge < -0.3 is 5.32 Å². The summed E-state index contributed by atoms with van der Waals surface area (Å²) in [6, 6.07) is 16.1. The summed E-state index contributed by atoms with van der Waals surface area (Å²) in [4.78, 5) is 16.4. The minimum absolute atomic E-state index is 0.0395. The molecule has 1 heterocycles. The number of rotatable bonds is 6. The van der Waals surface area contributed by atoms with Crippen LogP contribution >= 0.6 is 11.3 Å². The van der Waals surface area contributed by atoms with Gasteiger partial charge in [-0.2, -0.15) is 0 Å². The first-order chi connectivity index (χ1) is 13.0. The van der Waals surface area contributed by atoms with E-state index in [0.29, 0.717) is 10.8 Å². The molecule has 0 bridgehead atoms. The van der Waals surface area contributed by atoms with Crippen LogP contribution in [0.2, 0.25) is 0 Å². The van der Waals surface area contributed by atoms with E-state index in [1.807, 2.05) is 30.3 Å². The number of thiazole rings is 1. The highest BCUT2D eigenvalue weighted by atomic mass is 32.2. The molecule has 2 N–H and O–H groups in total. The van der Waals surface area contributed by atoms with Gasteiger partial charge in [0.2, 0.25) is 5.91 Å². The normalized spacial score (nSPS) is 18.7. The van der Waals surface area contributed by atoms with E-state index in [2.05, 4.69) is 15.0 Å². The van der Waals surface area contributed by atoms with Crippen LogP contribution in [0.15, 0.2) is 71.1 Å². The van der Waals surface area contributed by atoms with Crippen molar-refractivity contribution in [3.05, 3.63) is 71.7 Å². The van der Waals surface area contributed by atoms with Crippen LogP contribution in [-0.2, 0) is 14.8 Å². The van der Waals surface area contributed by atoms with Crippen LogP contribution in [0.1, 0.15) is 17.9 Å². The number of nitrogens with one attached hydrogen (secondary N) is 2. The van der Waals surface area contributed by atoms with Gasteiger partial charge in [-0.1, -0.05) is 30.3 Å². The summed E-state index contributed by atoms with van der Waals surface area (Å²) in [5, 5.41) is 4.87. The number of nitrogens with zero attached hydrogens (tertiary/aromatic N) is 1. The molecule has 6 nitrogen and oxygen atoms in total. The van der Waals surface area contributed by atoms with Crippen LogP contribution in [0.5, 0.6) is 0 Å². The number of carbonyl (C=O) groups excluding carboxylic acids is 1. The number of hydrogen-bond donors (Lipinski definition) is 2. The van der Waals surface area contributed by atoms with Crippen LogP contribution in [0.3, 0.4) is 0 Å². The van der Waals surface area contributed by atoms with Gasteiger partial charge in [-0.05, 0) is 42.2 Å². The summed E-state index contributed by atoms with van der Waals surface area (Å²) in [7, 11) is -3.69. The zero-order valence-electron chi connectivity index (χ0n) is 14.2. The molecule has 4 rings (SSSR count). The summed E-state index contributed by atoms with van der Waals surface area (Å²) in [5.74, 6) is 0.177. The molecule has 2 aromatic carbocycles. The molecule has 1 amide bonds. The van der Waals surface area contributed by atoms with Crippen molar-refractivity contribution in [3.63, 3.8) is 0 Å². The zero-order valence-corrected chi connectivity index (χ0v) is 15.8. The lowest BCUT2D eigenvalue weighted by Crippen LogP contribution is -2.15. The molecular weight excluding hydrogens is 382 g/mol. The van der Waals surface area contributed by atoms with Crippen molar-refractivity contribution in [2.24, 2.45) is 5.92 Å². The van der Waals surface area contributed by atoms with Crippen molar-refractivity contribution < 1.29 is 13.2 Å². The molecule has 1 aliphatic carbocycles. The standard InChI is InChI=1S/C19H17N3O3S2/c23-18(17-12-16(17)13-4-2-1-3-5-13)21-14-6-8-15(9-7-14)27(24,25)22-19-20-10-11-26-19/h1-11,16-17H,12H2,(H,20,22)(H,21,23). The highest BCUT2D eigenvalue weighted by Gasteiger charge is 2.43. The molecule has 0 saturated heterocycles. The first kappa shape index (κ1) is 17.7. The molecule has 0 aliphatic heterocycles. The second-order valence-corrected chi connectivity index (χ2v) is 8.89. The lowest BCUT2D eigenvalue weighted by molar-refractivity contribution is -0.117. The number of hydrogen-bond acceptors (Lipinski definition) is 5. The molecule has 3 aromatic rings. The SMILES string of the molecule is O=C(Nc1ccc(S(=O)(=O)Nc2nccs2)cc1)C1CC1c1ccccc1. The third-order valence-corrected chi connectivity index (χ3v) is 6.61. The largest absolute Gasteiger partial charge is 0.326 e. The molecule has 1 fully saturated rings. The van der Waals surface area contributed by atoms with Gasteiger partial charge in [-0.25, -0.2) is 13.4 Å². The maximum absolute atomic E-state index is 12.4. The quantitative estimate of drug-likeness (QED) is 0.662. The van der Waals surface area contributed by atoms with Crippen molar-refractivity contribution in [2.45, 2.75) is 17.2 Å². The van der Waals surface area contributed by atoms with Crippen LogP contribution < -0.4 is 10.0 Å². The van der Waals surface area contributed by atoms with Crippen LogP contribution in [-0.4, -0.2) is 19.3 Å². The molecule has 1 aromatic heterocycles. The van der Waals surface area contributed by atoms with Crippen LogP contribution in [0, 0.1) is 5.92 Å². The van der Waals surface area contributed by atoms with Crippen molar-refractivity contribution in [3.8, 4) is 0 Å². The number of benzene rings is 2. The monoisotopic (exact) mass is 399 g/mol. The van der Waals surface area contributed by atoms with Crippen molar-refractivity contribution >= 4 is 38.1 Å². The summed E-state index contributed by atoms with van der Waals surface area (Å²) in [6.07, 6.45) is 2.36. The van der Waals surface area contributed by atoms with Gasteiger partial charge >= 0.3 is 0 Å². The fourth-order valence-electron chi connectivity index (χ4n) is 2.95. The lowest BCUT2D eigenvalue weighted by Gasteiger charge is -2.08. The predicted octanol–water partition coefficient (Wildman–Crippen LogP) is 3.69. The van der Waals surface area contributed by atoms with E-state index in [9.17, 15) is 13.2 Å². The Bertz CT molecular complexity index is 1030. The molecule has 2 unspecified atom stereocenters. The Balaban J connectivity index is 1.39. The maximum Gasteiger partial charge on any atom is 0.263 e. The van der Waals surface area contributed by atoms with E-state index in [1.54, 1.807) is 17.5 Å². The van der Waals surface area contributed by atoms with Crippen LogP contribution in [0.4, 0.5) is 10.8 Å². The summed E-state index contributed by atoms with van der Waals surface area (Å²) in [6.45, 7) is 0. The topological polar surface area (TPSA) is 88.2 Å². The zero-order chi connectivity index (χ0) is 18.9. The summed E-state index contributed by atoms with van der Waals surface area (Å²) < 4.78 is 27.1.